The molecule has 0 aliphatic rings. The van der Waals surface area contributed by atoms with Gasteiger partial charge in [-0.1, -0.05) is 23.2 Å². The Hall–Kier alpha value is -2.12. The molecule has 0 unspecified atom stereocenters. The molecular formula is C11H7Cl2N5O2. The predicted molar refractivity (Wildman–Crippen MR) is 74.3 cm³/mol. The van der Waals surface area contributed by atoms with Crippen LogP contribution in [0.1, 0.15) is 5.56 Å². The lowest BCUT2D eigenvalue weighted by Gasteiger charge is -2.10. The van der Waals surface area contributed by atoms with Gasteiger partial charge in [-0.15, -0.1) is 10.2 Å². The van der Waals surface area contributed by atoms with Crippen molar-refractivity contribution in [1.82, 2.24) is 24.7 Å². The molecule has 0 fully saturated rings. The number of nitrogens with one attached hydrogen (secondary N) is 2. The summed E-state index contributed by atoms with van der Waals surface area (Å²) in [6.07, 6.45) is 3.01. The molecule has 9 heteroatoms. The lowest BCUT2D eigenvalue weighted by molar-refractivity contribution is 0.797. The standard InChI is InChI=1S/C11H7Cl2N5O2/c12-6-1-7-9(17-11(20)10(19)16-7)5(8(6)13)2-18-3-14-15-4-18/h1,3-4H,2H2,(H,16,19)(H,17,20). The minimum atomic E-state index is -0.749. The summed E-state index contributed by atoms with van der Waals surface area (Å²) in [5, 5.41) is 7.96. The normalized spacial score (nSPS) is 11.1. The molecule has 0 saturated heterocycles. The van der Waals surface area contributed by atoms with Gasteiger partial charge in [0, 0.05) is 5.56 Å². The molecule has 0 aliphatic carbocycles. The highest BCUT2D eigenvalue weighted by Crippen LogP contribution is 2.31. The highest BCUT2D eigenvalue weighted by atomic mass is 35.5. The Morgan fingerprint density at radius 1 is 1.10 bits per heavy atom. The monoisotopic (exact) mass is 311 g/mol. The van der Waals surface area contributed by atoms with Crippen molar-refractivity contribution in [3.63, 3.8) is 0 Å². The Balaban J connectivity index is 2.32. The second-order valence-electron chi connectivity index (χ2n) is 4.12. The zero-order valence-electron chi connectivity index (χ0n) is 9.85. The van der Waals surface area contributed by atoms with Crippen molar-refractivity contribution in [3.8, 4) is 0 Å². The molecule has 0 atom stereocenters. The Kier molecular flexibility index (Phi) is 3.07. The first-order valence-corrected chi connectivity index (χ1v) is 6.27. The third-order valence-corrected chi connectivity index (χ3v) is 3.64. The van der Waals surface area contributed by atoms with Crippen LogP contribution < -0.4 is 11.1 Å². The van der Waals surface area contributed by atoms with Crippen molar-refractivity contribution in [2.24, 2.45) is 0 Å². The smallest absolute Gasteiger partial charge is 0.314 e. The molecule has 0 saturated carbocycles. The van der Waals surface area contributed by atoms with E-state index in [0.717, 1.165) is 0 Å². The highest BCUT2D eigenvalue weighted by Gasteiger charge is 2.13. The number of hydrogen-bond acceptors (Lipinski definition) is 4. The van der Waals surface area contributed by atoms with Gasteiger partial charge in [0.2, 0.25) is 0 Å². The molecular weight excluding hydrogens is 305 g/mol. The van der Waals surface area contributed by atoms with E-state index >= 15 is 0 Å². The van der Waals surface area contributed by atoms with Gasteiger partial charge < -0.3 is 14.5 Å². The number of aromatic amines is 2. The minimum Gasteiger partial charge on any atom is -0.316 e. The minimum absolute atomic E-state index is 0.282. The van der Waals surface area contributed by atoms with E-state index in [1.807, 2.05) is 0 Å². The molecule has 2 aromatic heterocycles. The Bertz CT molecular complexity index is 898. The summed E-state index contributed by atoms with van der Waals surface area (Å²) in [6.45, 7) is 0.310. The fraction of sp³-hybridized carbons (Fsp3) is 0.0909. The molecule has 2 N–H and O–H groups in total. The van der Waals surface area contributed by atoms with Crippen molar-refractivity contribution in [2.45, 2.75) is 6.54 Å². The number of hydrogen-bond donors (Lipinski definition) is 2. The first-order valence-electron chi connectivity index (χ1n) is 5.52. The number of nitrogens with zero attached hydrogens (tertiary/aromatic N) is 3. The second kappa shape index (κ2) is 4.77. The predicted octanol–water partition coefficient (Wildman–Crippen LogP) is 1.16. The SMILES string of the molecule is O=c1[nH]c2cc(Cl)c(Cl)c(Cn3cnnc3)c2[nH]c1=O. The summed E-state index contributed by atoms with van der Waals surface area (Å²) in [4.78, 5) is 27.8. The van der Waals surface area contributed by atoms with E-state index < -0.39 is 11.1 Å². The maximum atomic E-state index is 11.5. The van der Waals surface area contributed by atoms with Crippen LogP contribution in [0.5, 0.6) is 0 Å². The van der Waals surface area contributed by atoms with Crippen molar-refractivity contribution in [3.05, 3.63) is 55.0 Å². The Morgan fingerprint density at radius 2 is 1.75 bits per heavy atom. The van der Waals surface area contributed by atoms with Crippen LogP contribution in [0, 0.1) is 0 Å². The van der Waals surface area contributed by atoms with E-state index in [9.17, 15) is 9.59 Å². The van der Waals surface area contributed by atoms with E-state index in [4.69, 9.17) is 23.2 Å². The van der Waals surface area contributed by atoms with Crippen molar-refractivity contribution < 1.29 is 0 Å². The van der Waals surface area contributed by atoms with Gasteiger partial charge >= 0.3 is 11.1 Å². The Morgan fingerprint density at radius 3 is 2.45 bits per heavy atom. The topological polar surface area (TPSA) is 96.4 Å². The van der Waals surface area contributed by atoms with Gasteiger partial charge in [-0.25, -0.2) is 0 Å². The fourth-order valence-electron chi connectivity index (χ4n) is 1.90. The zero-order chi connectivity index (χ0) is 14.3. The Labute approximate surface area is 121 Å². The van der Waals surface area contributed by atoms with Gasteiger partial charge in [0.1, 0.15) is 12.7 Å². The van der Waals surface area contributed by atoms with Gasteiger partial charge in [0.05, 0.1) is 27.6 Å². The van der Waals surface area contributed by atoms with Crippen LogP contribution in [0.2, 0.25) is 10.0 Å². The number of aromatic nitrogens is 5. The summed E-state index contributed by atoms with van der Waals surface area (Å²) < 4.78 is 1.67. The molecule has 0 aliphatic heterocycles. The van der Waals surface area contributed by atoms with Crippen LogP contribution in [0.15, 0.2) is 28.3 Å². The van der Waals surface area contributed by atoms with Gasteiger partial charge in [0.15, 0.2) is 0 Å². The van der Waals surface area contributed by atoms with Gasteiger partial charge in [-0.2, -0.15) is 0 Å². The molecule has 1 aromatic carbocycles. The molecule has 102 valence electrons. The van der Waals surface area contributed by atoms with Gasteiger partial charge in [-0.05, 0) is 6.07 Å². The zero-order valence-corrected chi connectivity index (χ0v) is 11.4. The van der Waals surface area contributed by atoms with E-state index in [2.05, 4.69) is 20.2 Å². The number of H-pyrrole nitrogens is 2. The third kappa shape index (κ3) is 2.10. The molecule has 0 spiro atoms. The van der Waals surface area contributed by atoms with Crippen LogP contribution in [0.3, 0.4) is 0 Å². The first kappa shape index (κ1) is 12.9. The van der Waals surface area contributed by atoms with E-state index in [1.54, 1.807) is 4.57 Å². The maximum absolute atomic E-state index is 11.5. The molecule has 0 amide bonds. The van der Waals surface area contributed by atoms with Crippen LogP contribution >= 0.6 is 23.2 Å². The largest absolute Gasteiger partial charge is 0.316 e. The van der Waals surface area contributed by atoms with E-state index in [1.165, 1.54) is 18.7 Å². The second-order valence-corrected chi connectivity index (χ2v) is 4.90. The van der Waals surface area contributed by atoms with Crippen LogP contribution in [-0.4, -0.2) is 24.7 Å². The average Bonchev–Trinajstić information content (AvgIpc) is 2.91. The molecule has 0 radical (unpaired) electrons. The fourth-order valence-corrected chi connectivity index (χ4v) is 2.34. The molecule has 2 heterocycles. The van der Waals surface area contributed by atoms with E-state index in [0.29, 0.717) is 28.2 Å². The average molecular weight is 312 g/mol. The van der Waals surface area contributed by atoms with E-state index in [-0.39, 0.29) is 5.02 Å². The maximum Gasteiger partial charge on any atom is 0.314 e. The summed E-state index contributed by atoms with van der Waals surface area (Å²) in [5.41, 5.74) is -0.0841. The summed E-state index contributed by atoms with van der Waals surface area (Å²) >= 11 is 12.2. The third-order valence-electron chi connectivity index (χ3n) is 2.82. The molecule has 3 aromatic rings. The summed E-state index contributed by atoms with van der Waals surface area (Å²) in [5.74, 6) is 0. The van der Waals surface area contributed by atoms with Crippen LogP contribution in [0.25, 0.3) is 11.0 Å². The number of rotatable bonds is 2. The number of halogens is 2. The van der Waals surface area contributed by atoms with Crippen LogP contribution in [0.4, 0.5) is 0 Å². The molecule has 0 bridgehead atoms. The lowest BCUT2D eigenvalue weighted by Crippen LogP contribution is -2.29. The summed E-state index contributed by atoms with van der Waals surface area (Å²) in [7, 11) is 0. The van der Waals surface area contributed by atoms with Crippen molar-refractivity contribution in [1.29, 1.82) is 0 Å². The lowest BCUT2D eigenvalue weighted by atomic mass is 10.1. The van der Waals surface area contributed by atoms with Crippen LogP contribution in [-0.2, 0) is 6.54 Å². The number of fused-ring (bicyclic) bond motifs is 1. The first-order chi connectivity index (χ1) is 9.56. The molecule has 20 heavy (non-hydrogen) atoms. The van der Waals surface area contributed by atoms with Crippen molar-refractivity contribution >= 4 is 34.2 Å². The molecule has 3 rings (SSSR count). The van der Waals surface area contributed by atoms with Gasteiger partial charge in [0.25, 0.3) is 0 Å². The summed E-state index contributed by atoms with van der Waals surface area (Å²) in [6, 6.07) is 1.49. The molecule has 7 nitrogen and oxygen atoms in total. The highest BCUT2D eigenvalue weighted by molar-refractivity contribution is 6.43. The van der Waals surface area contributed by atoms with Gasteiger partial charge in [-0.3, -0.25) is 9.59 Å². The number of benzene rings is 1. The quantitative estimate of drug-likeness (QED) is 0.694. The van der Waals surface area contributed by atoms with Crippen molar-refractivity contribution in [2.75, 3.05) is 0 Å².